The number of amides is 2. The minimum Gasteiger partial charge on any atom is -0.352 e. The fourth-order valence-corrected chi connectivity index (χ4v) is 3.62. The first kappa shape index (κ1) is 21.4. The number of nitro groups is 1. The fraction of sp³-hybridized carbons (Fsp3) is 0.364. The molecular weight excluding hydrogens is 384 g/mol. The molecule has 0 aliphatic carbocycles. The summed E-state index contributed by atoms with van der Waals surface area (Å²) in [4.78, 5) is 37.7. The molecule has 1 atom stereocenters. The number of carbonyl (C=O) groups is 2. The highest BCUT2D eigenvalue weighted by Crippen LogP contribution is 2.24. The molecule has 8 nitrogen and oxygen atoms in total. The van der Waals surface area contributed by atoms with Crippen LogP contribution in [0.4, 0.5) is 11.4 Å². The van der Waals surface area contributed by atoms with Crippen LogP contribution in [0.1, 0.15) is 25.3 Å². The molecule has 2 amide bonds. The van der Waals surface area contributed by atoms with Gasteiger partial charge in [-0.1, -0.05) is 42.5 Å². The number of nitro benzene ring substituents is 1. The number of rotatable bonds is 7. The lowest BCUT2D eigenvalue weighted by Gasteiger charge is -2.34. The first-order valence-electron chi connectivity index (χ1n) is 10.1. The van der Waals surface area contributed by atoms with Crippen molar-refractivity contribution in [3.05, 3.63) is 70.3 Å². The van der Waals surface area contributed by atoms with Crippen molar-refractivity contribution in [1.29, 1.82) is 0 Å². The molecule has 2 aromatic rings. The highest BCUT2D eigenvalue weighted by atomic mass is 16.6. The number of para-hydroxylation sites is 2. The van der Waals surface area contributed by atoms with E-state index in [0.717, 1.165) is 5.56 Å². The van der Waals surface area contributed by atoms with Crippen molar-refractivity contribution in [1.82, 2.24) is 10.2 Å². The van der Waals surface area contributed by atoms with E-state index < -0.39 is 11.0 Å². The van der Waals surface area contributed by atoms with Crippen LogP contribution in [0.2, 0.25) is 0 Å². The average molecular weight is 410 g/mol. The Balaban J connectivity index is 1.49. The number of anilines is 1. The molecule has 158 valence electrons. The molecule has 1 saturated heterocycles. The summed E-state index contributed by atoms with van der Waals surface area (Å²) in [6.07, 6.45) is 1.34. The number of carbonyl (C=O) groups excluding carboxylic acids is 2. The van der Waals surface area contributed by atoms with Crippen LogP contribution in [0.3, 0.4) is 0 Å². The van der Waals surface area contributed by atoms with Crippen molar-refractivity contribution in [2.45, 2.75) is 32.4 Å². The molecule has 30 heavy (non-hydrogen) atoms. The lowest BCUT2D eigenvalue weighted by Crippen LogP contribution is -2.48. The molecule has 2 aromatic carbocycles. The van der Waals surface area contributed by atoms with Crippen LogP contribution >= 0.6 is 0 Å². The van der Waals surface area contributed by atoms with Gasteiger partial charge in [0, 0.05) is 18.5 Å². The number of hydrogen-bond acceptors (Lipinski definition) is 5. The monoisotopic (exact) mass is 410 g/mol. The second-order valence-electron chi connectivity index (χ2n) is 7.45. The molecule has 1 aliphatic heterocycles. The minimum absolute atomic E-state index is 0.0375. The number of benzene rings is 2. The Hall–Kier alpha value is -3.26. The maximum Gasteiger partial charge on any atom is 0.292 e. The smallest absolute Gasteiger partial charge is 0.292 e. The van der Waals surface area contributed by atoms with E-state index in [9.17, 15) is 19.7 Å². The molecule has 0 unspecified atom stereocenters. The maximum absolute atomic E-state index is 12.6. The zero-order valence-electron chi connectivity index (χ0n) is 16.9. The van der Waals surface area contributed by atoms with Gasteiger partial charge in [0.15, 0.2) is 0 Å². The fourth-order valence-electron chi connectivity index (χ4n) is 3.62. The predicted molar refractivity (Wildman–Crippen MR) is 114 cm³/mol. The summed E-state index contributed by atoms with van der Waals surface area (Å²) in [5.41, 5.74) is 1.12. The first-order chi connectivity index (χ1) is 14.5. The van der Waals surface area contributed by atoms with E-state index in [-0.39, 0.29) is 29.1 Å². The molecule has 0 aromatic heterocycles. The number of hydrogen-bond donors (Lipinski definition) is 2. The quantitative estimate of drug-likeness (QED) is 0.539. The number of nitrogens with zero attached hydrogens (tertiary/aromatic N) is 2. The molecule has 3 rings (SSSR count). The topological polar surface area (TPSA) is 105 Å². The van der Waals surface area contributed by atoms with E-state index in [1.54, 1.807) is 19.1 Å². The van der Waals surface area contributed by atoms with Gasteiger partial charge in [-0.2, -0.15) is 0 Å². The van der Waals surface area contributed by atoms with E-state index in [0.29, 0.717) is 32.5 Å². The Morgan fingerprint density at radius 1 is 1.10 bits per heavy atom. The van der Waals surface area contributed by atoms with Crippen LogP contribution in [-0.2, 0) is 16.1 Å². The van der Waals surface area contributed by atoms with Gasteiger partial charge < -0.3 is 10.6 Å². The minimum atomic E-state index is -0.514. The summed E-state index contributed by atoms with van der Waals surface area (Å²) in [5, 5.41) is 16.8. The predicted octanol–water partition coefficient (Wildman–Crippen LogP) is 2.95. The zero-order chi connectivity index (χ0) is 21.5. The summed E-state index contributed by atoms with van der Waals surface area (Å²) < 4.78 is 0. The van der Waals surface area contributed by atoms with E-state index >= 15 is 0 Å². The Kier molecular flexibility index (Phi) is 7.13. The molecule has 1 fully saturated rings. The Bertz CT molecular complexity index is 895. The standard InChI is InChI=1S/C22H26N4O4/c1-16(21(27)24-19-9-5-6-10-20(19)26(29)30)25-13-11-18(12-14-25)22(28)23-15-17-7-3-2-4-8-17/h2-10,16,18H,11-15H2,1H3,(H,23,28)(H,24,27)/t16-/m0/s1. The van der Waals surface area contributed by atoms with Crippen molar-refractivity contribution in [3.8, 4) is 0 Å². The molecule has 2 N–H and O–H groups in total. The van der Waals surface area contributed by atoms with Gasteiger partial charge in [-0.25, -0.2) is 0 Å². The van der Waals surface area contributed by atoms with Gasteiger partial charge in [0.25, 0.3) is 5.69 Å². The largest absolute Gasteiger partial charge is 0.352 e. The van der Waals surface area contributed by atoms with Gasteiger partial charge in [0.2, 0.25) is 11.8 Å². The van der Waals surface area contributed by atoms with Crippen molar-refractivity contribution < 1.29 is 14.5 Å². The molecule has 0 spiro atoms. The van der Waals surface area contributed by atoms with Crippen LogP contribution in [0.25, 0.3) is 0 Å². The summed E-state index contributed by atoms with van der Waals surface area (Å²) >= 11 is 0. The maximum atomic E-state index is 12.6. The van der Waals surface area contributed by atoms with Gasteiger partial charge in [-0.3, -0.25) is 24.6 Å². The molecular formula is C22H26N4O4. The SMILES string of the molecule is C[C@@H](C(=O)Nc1ccccc1[N+](=O)[O-])N1CCC(C(=O)NCc2ccccc2)CC1. The lowest BCUT2D eigenvalue weighted by atomic mass is 9.94. The lowest BCUT2D eigenvalue weighted by molar-refractivity contribution is -0.383. The molecule has 1 aliphatic rings. The summed E-state index contributed by atoms with van der Waals surface area (Å²) in [6.45, 7) is 3.53. The van der Waals surface area contributed by atoms with Gasteiger partial charge in [0.1, 0.15) is 5.69 Å². The van der Waals surface area contributed by atoms with Crippen LogP contribution in [-0.4, -0.2) is 40.8 Å². The second kappa shape index (κ2) is 9.98. The third-order valence-electron chi connectivity index (χ3n) is 5.50. The Morgan fingerprint density at radius 3 is 2.40 bits per heavy atom. The third kappa shape index (κ3) is 5.42. The normalized spacial score (nSPS) is 15.9. The summed E-state index contributed by atoms with van der Waals surface area (Å²) in [6, 6.07) is 15.4. The van der Waals surface area contributed by atoms with Crippen LogP contribution in [0.5, 0.6) is 0 Å². The Morgan fingerprint density at radius 2 is 1.73 bits per heavy atom. The van der Waals surface area contributed by atoms with Crippen molar-refractivity contribution in [3.63, 3.8) is 0 Å². The van der Waals surface area contributed by atoms with Gasteiger partial charge in [-0.15, -0.1) is 0 Å². The molecule has 8 heteroatoms. The zero-order valence-corrected chi connectivity index (χ0v) is 16.9. The number of piperidine rings is 1. The van der Waals surface area contributed by atoms with Gasteiger partial charge in [0.05, 0.1) is 11.0 Å². The van der Waals surface area contributed by atoms with Crippen molar-refractivity contribution >= 4 is 23.2 Å². The van der Waals surface area contributed by atoms with Crippen LogP contribution in [0.15, 0.2) is 54.6 Å². The number of nitrogens with one attached hydrogen (secondary N) is 2. The van der Waals surface area contributed by atoms with Crippen molar-refractivity contribution in [2.75, 3.05) is 18.4 Å². The van der Waals surface area contributed by atoms with E-state index in [2.05, 4.69) is 10.6 Å². The average Bonchev–Trinajstić information content (AvgIpc) is 2.78. The van der Waals surface area contributed by atoms with Gasteiger partial charge in [-0.05, 0) is 44.5 Å². The van der Waals surface area contributed by atoms with Crippen molar-refractivity contribution in [2.24, 2.45) is 5.92 Å². The summed E-state index contributed by atoms with van der Waals surface area (Å²) in [5.74, 6) is -0.331. The Labute approximate surface area is 175 Å². The van der Waals surface area contributed by atoms with Crippen LogP contribution < -0.4 is 10.6 Å². The second-order valence-corrected chi connectivity index (χ2v) is 7.45. The molecule has 0 radical (unpaired) electrons. The highest BCUT2D eigenvalue weighted by Gasteiger charge is 2.30. The third-order valence-corrected chi connectivity index (χ3v) is 5.50. The molecule has 0 bridgehead atoms. The summed E-state index contributed by atoms with van der Waals surface area (Å²) in [7, 11) is 0. The number of likely N-dealkylation sites (tertiary alicyclic amines) is 1. The van der Waals surface area contributed by atoms with E-state index in [1.807, 2.05) is 35.2 Å². The molecule has 1 heterocycles. The molecule has 0 saturated carbocycles. The van der Waals surface area contributed by atoms with Gasteiger partial charge >= 0.3 is 0 Å². The van der Waals surface area contributed by atoms with Crippen LogP contribution in [0, 0.1) is 16.0 Å². The first-order valence-corrected chi connectivity index (χ1v) is 10.1. The van der Waals surface area contributed by atoms with E-state index in [1.165, 1.54) is 12.1 Å². The van der Waals surface area contributed by atoms with E-state index in [4.69, 9.17) is 0 Å². The highest BCUT2D eigenvalue weighted by molar-refractivity contribution is 5.96.